The molecular formula is C17H24N6O5. The smallest absolute Gasteiger partial charge is 0.240 e. The number of nitrogens with one attached hydrogen (secondary N) is 4. The SMILES string of the molecule is C[C@@H]1O[C@H](Nc2ncnc3cc[nH]c23)[C@H](O)[C@H](O)[C@H]1NC(=O)[C@@H]1NCC[C@@H]1O. The maximum atomic E-state index is 12.4. The van der Waals surface area contributed by atoms with Crippen molar-refractivity contribution in [2.24, 2.45) is 0 Å². The molecule has 0 aliphatic carbocycles. The van der Waals surface area contributed by atoms with Gasteiger partial charge in [-0.1, -0.05) is 0 Å². The lowest BCUT2D eigenvalue weighted by molar-refractivity contribution is -0.173. The van der Waals surface area contributed by atoms with Gasteiger partial charge in [0.15, 0.2) is 12.0 Å². The number of aromatic nitrogens is 3. The lowest BCUT2D eigenvalue weighted by Gasteiger charge is -2.42. The number of aliphatic hydroxyl groups excluding tert-OH is 3. The van der Waals surface area contributed by atoms with Crippen LogP contribution in [0.4, 0.5) is 5.82 Å². The second-order valence-corrected chi connectivity index (χ2v) is 7.17. The minimum absolute atomic E-state index is 0.430. The van der Waals surface area contributed by atoms with E-state index in [2.05, 4.69) is 30.9 Å². The number of amides is 1. The van der Waals surface area contributed by atoms with E-state index in [1.54, 1.807) is 19.2 Å². The van der Waals surface area contributed by atoms with E-state index in [9.17, 15) is 20.1 Å². The minimum Gasteiger partial charge on any atom is -0.391 e. The molecule has 2 aromatic rings. The Hall–Kier alpha value is -2.31. The summed E-state index contributed by atoms with van der Waals surface area (Å²) in [5.74, 6) is -0.00813. The number of hydrogen-bond acceptors (Lipinski definition) is 9. The molecule has 0 saturated carbocycles. The summed E-state index contributed by atoms with van der Waals surface area (Å²) >= 11 is 0. The van der Waals surface area contributed by atoms with Crippen molar-refractivity contribution >= 4 is 22.8 Å². The summed E-state index contributed by atoms with van der Waals surface area (Å²) in [5.41, 5.74) is 1.35. The maximum Gasteiger partial charge on any atom is 0.240 e. The van der Waals surface area contributed by atoms with E-state index in [4.69, 9.17) is 4.74 Å². The topological polar surface area (TPSA) is 165 Å². The van der Waals surface area contributed by atoms with E-state index >= 15 is 0 Å². The fourth-order valence-corrected chi connectivity index (χ4v) is 3.71. The van der Waals surface area contributed by atoms with Gasteiger partial charge in [0.25, 0.3) is 0 Å². The van der Waals surface area contributed by atoms with Crippen molar-refractivity contribution in [3.05, 3.63) is 18.6 Å². The fraction of sp³-hybridized carbons (Fsp3) is 0.588. The number of aliphatic hydroxyl groups is 3. The molecule has 2 aliphatic rings. The van der Waals surface area contributed by atoms with Crippen LogP contribution in [0.1, 0.15) is 13.3 Å². The molecule has 11 heteroatoms. The average molecular weight is 392 g/mol. The number of anilines is 1. The zero-order valence-corrected chi connectivity index (χ0v) is 15.2. The zero-order chi connectivity index (χ0) is 19.8. The molecule has 4 heterocycles. The number of nitrogens with zero attached hydrogens (tertiary/aromatic N) is 2. The molecular weight excluding hydrogens is 368 g/mol. The minimum atomic E-state index is -1.32. The van der Waals surface area contributed by atoms with Gasteiger partial charge in [0.05, 0.1) is 23.8 Å². The normalized spacial score (nSPS) is 35.8. The summed E-state index contributed by atoms with van der Waals surface area (Å²) in [6.07, 6.45) is -1.31. The van der Waals surface area contributed by atoms with E-state index in [0.29, 0.717) is 29.8 Å². The predicted octanol–water partition coefficient (Wildman–Crippen LogP) is -1.96. The number of fused-ring (bicyclic) bond motifs is 1. The summed E-state index contributed by atoms with van der Waals surface area (Å²) in [7, 11) is 0. The Morgan fingerprint density at radius 2 is 2.11 bits per heavy atom. The molecule has 7 N–H and O–H groups in total. The highest BCUT2D eigenvalue weighted by molar-refractivity contribution is 5.85. The van der Waals surface area contributed by atoms with Gasteiger partial charge in [0, 0.05) is 6.20 Å². The number of carbonyl (C=O) groups is 1. The number of ether oxygens (including phenoxy) is 1. The van der Waals surface area contributed by atoms with Gasteiger partial charge in [0.1, 0.15) is 30.1 Å². The van der Waals surface area contributed by atoms with Crippen molar-refractivity contribution in [3.8, 4) is 0 Å². The Kier molecular flexibility index (Phi) is 5.17. The summed E-state index contributed by atoms with van der Waals surface area (Å²) in [6.45, 7) is 2.23. The number of hydrogen-bond donors (Lipinski definition) is 7. The Labute approximate surface area is 160 Å². The van der Waals surface area contributed by atoms with Crippen LogP contribution in [0.3, 0.4) is 0 Å². The van der Waals surface area contributed by atoms with Gasteiger partial charge in [-0.15, -0.1) is 0 Å². The van der Waals surface area contributed by atoms with Crippen LogP contribution in [0.25, 0.3) is 11.0 Å². The average Bonchev–Trinajstić information content (AvgIpc) is 3.32. The zero-order valence-electron chi connectivity index (χ0n) is 15.2. The Morgan fingerprint density at radius 3 is 2.86 bits per heavy atom. The monoisotopic (exact) mass is 392 g/mol. The van der Waals surface area contributed by atoms with E-state index in [0.717, 1.165) is 0 Å². The van der Waals surface area contributed by atoms with Crippen molar-refractivity contribution in [1.82, 2.24) is 25.6 Å². The van der Waals surface area contributed by atoms with E-state index in [-0.39, 0.29) is 0 Å². The second kappa shape index (κ2) is 7.60. The largest absolute Gasteiger partial charge is 0.391 e. The van der Waals surface area contributed by atoms with Crippen LogP contribution in [-0.2, 0) is 9.53 Å². The first-order valence-corrected chi connectivity index (χ1v) is 9.23. The molecule has 1 amide bonds. The molecule has 0 spiro atoms. The number of carbonyl (C=O) groups excluding carboxylic acids is 1. The highest BCUT2D eigenvalue weighted by atomic mass is 16.5. The van der Waals surface area contributed by atoms with Gasteiger partial charge >= 0.3 is 0 Å². The molecule has 2 fully saturated rings. The molecule has 0 radical (unpaired) electrons. The highest BCUT2D eigenvalue weighted by Gasteiger charge is 2.45. The van der Waals surface area contributed by atoms with Gasteiger partial charge in [-0.3, -0.25) is 4.79 Å². The summed E-state index contributed by atoms with van der Waals surface area (Å²) in [6, 6.07) is 0.218. The van der Waals surface area contributed by atoms with E-state index in [1.165, 1.54) is 6.33 Å². The molecule has 28 heavy (non-hydrogen) atoms. The molecule has 4 rings (SSSR count). The first kappa shape index (κ1) is 19.0. The Bertz CT molecular complexity index is 846. The quantitative estimate of drug-likeness (QED) is 0.313. The molecule has 0 bridgehead atoms. The van der Waals surface area contributed by atoms with E-state index in [1.807, 2.05) is 0 Å². The molecule has 7 atom stereocenters. The van der Waals surface area contributed by atoms with Gasteiger partial charge in [0.2, 0.25) is 5.91 Å². The first-order valence-electron chi connectivity index (χ1n) is 9.23. The first-order chi connectivity index (χ1) is 13.5. The van der Waals surface area contributed by atoms with Crippen molar-refractivity contribution < 1.29 is 24.9 Å². The lowest BCUT2D eigenvalue weighted by Crippen LogP contribution is -2.65. The molecule has 0 aromatic carbocycles. The van der Waals surface area contributed by atoms with Gasteiger partial charge < -0.3 is 41.0 Å². The third-order valence-electron chi connectivity index (χ3n) is 5.30. The molecule has 0 unspecified atom stereocenters. The van der Waals surface area contributed by atoms with Crippen LogP contribution in [-0.4, -0.2) is 85.5 Å². The lowest BCUT2D eigenvalue weighted by atomic mass is 9.95. The van der Waals surface area contributed by atoms with Crippen LogP contribution in [0.15, 0.2) is 18.6 Å². The van der Waals surface area contributed by atoms with E-state index < -0.39 is 48.6 Å². The van der Waals surface area contributed by atoms with Crippen LogP contribution < -0.4 is 16.0 Å². The van der Waals surface area contributed by atoms with Gasteiger partial charge in [-0.25, -0.2) is 9.97 Å². The van der Waals surface area contributed by atoms with Gasteiger partial charge in [-0.05, 0) is 26.0 Å². The van der Waals surface area contributed by atoms with Crippen LogP contribution in [0.2, 0.25) is 0 Å². The van der Waals surface area contributed by atoms with Crippen molar-refractivity contribution in [2.75, 3.05) is 11.9 Å². The van der Waals surface area contributed by atoms with Crippen molar-refractivity contribution in [2.45, 2.75) is 56.1 Å². The number of aromatic amines is 1. The number of rotatable bonds is 4. The predicted molar refractivity (Wildman–Crippen MR) is 98.2 cm³/mol. The highest BCUT2D eigenvalue weighted by Crippen LogP contribution is 2.25. The Morgan fingerprint density at radius 1 is 1.29 bits per heavy atom. The van der Waals surface area contributed by atoms with Gasteiger partial charge in [-0.2, -0.15) is 0 Å². The van der Waals surface area contributed by atoms with Crippen LogP contribution in [0, 0.1) is 0 Å². The summed E-state index contributed by atoms with van der Waals surface area (Å²) in [4.78, 5) is 23.7. The fourth-order valence-electron chi connectivity index (χ4n) is 3.71. The third-order valence-corrected chi connectivity index (χ3v) is 5.30. The molecule has 2 aliphatic heterocycles. The maximum absolute atomic E-state index is 12.4. The second-order valence-electron chi connectivity index (χ2n) is 7.17. The number of H-pyrrole nitrogens is 1. The molecule has 152 valence electrons. The Balaban J connectivity index is 1.45. The summed E-state index contributed by atoms with van der Waals surface area (Å²) < 4.78 is 5.81. The van der Waals surface area contributed by atoms with Crippen LogP contribution >= 0.6 is 0 Å². The summed E-state index contributed by atoms with van der Waals surface area (Å²) in [5, 5.41) is 39.5. The van der Waals surface area contributed by atoms with Crippen molar-refractivity contribution in [1.29, 1.82) is 0 Å². The van der Waals surface area contributed by atoms with Crippen molar-refractivity contribution in [3.63, 3.8) is 0 Å². The molecule has 11 nitrogen and oxygen atoms in total. The molecule has 2 aromatic heterocycles. The standard InChI is InChI=1S/C17H24N6O5/c1-7-10(22-16(27)12-9(24)3-5-19-12)13(25)14(26)17(28-7)23-15-11-8(2-4-18-11)20-6-21-15/h2,4,6-7,9-10,12-14,17-19,24-26H,3,5H2,1H3,(H,22,27)(H,20,21,23)/t7-,9-,10-,12+,13+,14+,17-/m0/s1. The molecule has 2 saturated heterocycles. The third kappa shape index (κ3) is 3.42. The van der Waals surface area contributed by atoms with Crippen LogP contribution in [0.5, 0.6) is 0 Å².